The second-order valence-electron chi connectivity index (χ2n) is 10.0. The monoisotopic (exact) mass is 474 g/mol. The van der Waals surface area contributed by atoms with Crippen molar-refractivity contribution in [3.8, 4) is 0 Å². The van der Waals surface area contributed by atoms with E-state index in [1.165, 1.54) is 18.1 Å². The first-order valence-electron chi connectivity index (χ1n) is 10.9. The van der Waals surface area contributed by atoms with E-state index < -0.39 is 46.4 Å². The van der Waals surface area contributed by atoms with Gasteiger partial charge in [0.25, 0.3) is 0 Å². The minimum Gasteiger partial charge on any atom is -0.453 e. The zero-order valence-electron chi connectivity index (χ0n) is 19.5. The summed E-state index contributed by atoms with van der Waals surface area (Å²) < 4.78 is 64.3. The van der Waals surface area contributed by atoms with Gasteiger partial charge in [-0.05, 0) is 71.1 Å². The molecule has 2 fully saturated rings. The maximum absolute atomic E-state index is 13.9. The lowest BCUT2D eigenvalue weighted by Gasteiger charge is -2.42. The largest absolute Gasteiger partial charge is 0.453 e. The van der Waals surface area contributed by atoms with Crippen molar-refractivity contribution in [2.45, 2.75) is 76.2 Å². The number of benzene rings is 1. The van der Waals surface area contributed by atoms with Crippen molar-refractivity contribution >= 4 is 12.2 Å². The van der Waals surface area contributed by atoms with Crippen LogP contribution in [0.15, 0.2) is 18.2 Å². The summed E-state index contributed by atoms with van der Waals surface area (Å²) >= 11 is 0. The Hall–Kier alpha value is -2.52. The number of carbonyl (C=O) groups excluding carboxylic acids is 2. The van der Waals surface area contributed by atoms with E-state index in [4.69, 9.17) is 9.47 Å². The van der Waals surface area contributed by atoms with E-state index in [1.54, 1.807) is 25.7 Å². The minimum absolute atomic E-state index is 0.0393. The van der Waals surface area contributed by atoms with Gasteiger partial charge in [0.2, 0.25) is 0 Å². The van der Waals surface area contributed by atoms with Gasteiger partial charge in [-0.15, -0.1) is 0 Å². The molecule has 0 N–H and O–H groups in total. The first-order chi connectivity index (χ1) is 15.1. The van der Waals surface area contributed by atoms with Gasteiger partial charge in [-0.3, -0.25) is 4.90 Å². The van der Waals surface area contributed by atoms with E-state index in [2.05, 4.69) is 0 Å². The Morgan fingerprint density at radius 1 is 1.15 bits per heavy atom. The summed E-state index contributed by atoms with van der Waals surface area (Å²) in [6.45, 7) is 7.56. The van der Waals surface area contributed by atoms with Crippen molar-refractivity contribution in [1.29, 1.82) is 0 Å². The van der Waals surface area contributed by atoms with Crippen molar-refractivity contribution in [2.24, 2.45) is 0 Å². The number of carbonyl (C=O) groups is 2. The Labute approximate surface area is 190 Å². The zero-order valence-corrected chi connectivity index (χ0v) is 19.5. The minimum atomic E-state index is -4.86. The number of halogens is 4. The number of methoxy groups -OCH3 is 1. The van der Waals surface area contributed by atoms with Crippen molar-refractivity contribution in [3.05, 3.63) is 35.1 Å². The van der Waals surface area contributed by atoms with Crippen LogP contribution in [0.4, 0.5) is 27.2 Å². The van der Waals surface area contributed by atoms with Gasteiger partial charge >= 0.3 is 18.4 Å². The number of ether oxygens (including phenoxy) is 2. The van der Waals surface area contributed by atoms with Gasteiger partial charge in [0, 0.05) is 13.1 Å². The second kappa shape index (κ2) is 8.36. The molecule has 1 aromatic rings. The summed E-state index contributed by atoms with van der Waals surface area (Å²) in [6.07, 6.45) is -4.04. The van der Waals surface area contributed by atoms with Gasteiger partial charge in [0.05, 0.1) is 23.8 Å². The Morgan fingerprint density at radius 2 is 1.79 bits per heavy atom. The Balaban J connectivity index is 1.95. The average molecular weight is 474 g/mol. The van der Waals surface area contributed by atoms with Crippen LogP contribution in [0.2, 0.25) is 0 Å². The first kappa shape index (κ1) is 25.1. The number of alkyl halides is 3. The highest BCUT2D eigenvalue weighted by Gasteiger charge is 2.56. The molecule has 0 radical (unpaired) electrons. The molecule has 2 amide bonds. The standard InChI is InChI=1S/C23H30F4N2O4/c1-20(2,3)33-19(31)28-12-6-9-21(28,4)14-29(18(30)32-5)22(10-11-22)15-7-8-17(24)16(13-15)23(25,26)27/h7-8,13H,6,9-12,14H2,1-5H3/t21-/m0/s1. The molecular weight excluding hydrogens is 444 g/mol. The fraction of sp³-hybridized carbons (Fsp3) is 0.652. The lowest BCUT2D eigenvalue weighted by atomic mass is 9.94. The summed E-state index contributed by atoms with van der Waals surface area (Å²) in [5.74, 6) is -1.37. The summed E-state index contributed by atoms with van der Waals surface area (Å²) in [5, 5.41) is 0. The third kappa shape index (κ3) is 5.04. The molecule has 6 nitrogen and oxygen atoms in total. The van der Waals surface area contributed by atoms with Crippen molar-refractivity contribution in [3.63, 3.8) is 0 Å². The van der Waals surface area contributed by atoms with Gasteiger partial charge in [-0.1, -0.05) is 6.07 Å². The second-order valence-corrected chi connectivity index (χ2v) is 10.0. The number of rotatable bonds is 4. The molecule has 0 aromatic heterocycles. The predicted octanol–water partition coefficient (Wildman–Crippen LogP) is 5.69. The highest BCUT2D eigenvalue weighted by atomic mass is 19.4. The Kier molecular flexibility index (Phi) is 6.36. The maximum atomic E-state index is 13.9. The molecule has 10 heteroatoms. The summed E-state index contributed by atoms with van der Waals surface area (Å²) in [5.41, 5.74) is -3.77. The fourth-order valence-corrected chi connectivity index (χ4v) is 4.52. The first-order valence-corrected chi connectivity index (χ1v) is 10.9. The normalized spacial score (nSPS) is 22.2. The third-order valence-corrected chi connectivity index (χ3v) is 6.31. The van der Waals surface area contributed by atoms with Crippen LogP contribution in [0.1, 0.15) is 64.5 Å². The molecule has 1 aliphatic heterocycles. The molecule has 0 unspecified atom stereocenters. The van der Waals surface area contributed by atoms with Gasteiger partial charge in [-0.25, -0.2) is 14.0 Å². The van der Waals surface area contributed by atoms with Crippen LogP contribution < -0.4 is 0 Å². The molecule has 2 aliphatic rings. The van der Waals surface area contributed by atoms with Gasteiger partial charge in [0.1, 0.15) is 11.4 Å². The third-order valence-electron chi connectivity index (χ3n) is 6.31. The van der Waals surface area contributed by atoms with Gasteiger partial charge in [0.15, 0.2) is 0 Å². The Bertz CT molecular complexity index is 924. The number of nitrogens with zero attached hydrogens (tertiary/aromatic N) is 2. The van der Waals surface area contributed by atoms with Gasteiger partial charge < -0.3 is 14.4 Å². The lowest BCUT2D eigenvalue weighted by molar-refractivity contribution is -0.140. The summed E-state index contributed by atoms with van der Waals surface area (Å²) in [7, 11) is 1.19. The maximum Gasteiger partial charge on any atom is 0.419 e. The van der Waals surface area contributed by atoms with Crippen molar-refractivity contribution < 1.29 is 36.6 Å². The van der Waals surface area contributed by atoms with Crippen LogP contribution in [0.5, 0.6) is 0 Å². The van der Waals surface area contributed by atoms with E-state index in [-0.39, 0.29) is 12.1 Å². The summed E-state index contributed by atoms with van der Waals surface area (Å²) in [4.78, 5) is 28.6. The average Bonchev–Trinajstić information content (AvgIpc) is 3.40. The molecule has 1 aromatic carbocycles. The smallest absolute Gasteiger partial charge is 0.419 e. The lowest BCUT2D eigenvalue weighted by Crippen LogP contribution is -2.56. The van der Waals surface area contributed by atoms with Crippen LogP contribution >= 0.6 is 0 Å². The van der Waals surface area contributed by atoms with Crippen LogP contribution in [0.3, 0.4) is 0 Å². The molecule has 1 atom stereocenters. The molecule has 3 rings (SSSR count). The fourth-order valence-electron chi connectivity index (χ4n) is 4.52. The molecule has 0 spiro atoms. The molecule has 1 saturated heterocycles. The highest BCUT2D eigenvalue weighted by Crippen LogP contribution is 2.53. The molecule has 184 valence electrons. The van der Waals surface area contributed by atoms with E-state index >= 15 is 0 Å². The molecule has 1 heterocycles. The molecule has 33 heavy (non-hydrogen) atoms. The number of amides is 2. The van der Waals surface area contributed by atoms with Crippen LogP contribution in [-0.4, -0.2) is 53.3 Å². The van der Waals surface area contributed by atoms with E-state index in [0.29, 0.717) is 32.2 Å². The number of hydrogen-bond donors (Lipinski definition) is 0. The van der Waals surface area contributed by atoms with E-state index in [9.17, 15) is 27.2 Å². The van der Waals surface area contributed by atoms with E-state index in [0.717, 1.165) is 12.1 Å². The quantitative estimate of drug-likeness (QED) is 0.526. The predicted molar refractivity (Wildman–Crippen MR) is 112 cm³/mol. The Morgan fingerprint density at radius 3 is 2.30 bits per heavy atom. The highest BCUT2D eigenvalue weighted by molar-refractivity contribution is 5.72. The van der Waals surface area contributed by atoms with Crippen molar-refractivity contribution in [1.82, 2.24) is 9.80 Å². The van der Waals surface area contributed by atoms with E-state index in [1.807, 2.05) is 6.92 Å². The molecule has 1 saturated carbocycles. The van der Waals surface area contributed by atoms with Crippen molar-refractivity contribution in [2.75, 3.05) is 20.2 Å². The SMILES string of the molecule is COC(=O)N(C[C@]1(C)CCCN1C(=O)OC(C)(C)C)C1(c2ccc(F)c(C(F)(F)F)c2)CC1. The number of likely N-dealkylation sites (tertiary alicyclic amines) is 1. The van der Waals surface area contributed by atoms with Crippen LogP contribution in [0, 0.1) is 5.82 Å². The number of hydrogen-bond acceptors (Lipinski definition) is 4. The zero-order chi connectivity index (χ0) is 24.8. The van der Waals surface area contributed by atoms with Crippen LogP contribution in [0.25, 0.3) is 0 Å². The van der Waals surface area contributed by atoms with Gasteiger partial charge in [-0.2, -0.15) is 13.2 Å². The summed E-state index contributed by atoms with van der Waals surface area (Å²) in [6, 6.07) is 2.81. The molecule has 0 bridgehead atoms. The molecule has 1 aliphatic carbocycles. The molecular formula is C23H30F4N2O4. The topological polar surface area (TPSA) is 59.1 Å². The van der Waals surface area contributed by atoms with Crippen LogP contribution in [-0.2, 0) is 21.2 Å².